The Morgan fingerprint density at radius 2 is 1.42 bits per heavy atom. The summed E-state index contributed by atoms with van der Waals surface area (Å²) in [4.78, 5) is 13.4. The number of methoxy groups -OCH3 is 4. The smallest absolute Gasteiger partial charge is 0.188 e. The van der Waals surface area contributed by atoms with Crippen molar-refractivity contribution in [3.63, 3.8) is 0 Å². The van der Waals surface area contributed by atoms with E-state index >= 15 is 0 Å². The number of carbonyl (C=O) groups excluding carboxylic acids is 1. The van der Waals surface area contributed by atoms with E-state index in [1.807, 2.05) is 12.1 Å². The molecule has 36 heavy (non-hydrogen) atoms. The normalized spacial score (nSPS) is 11.0. The van der Waals surface area contributed by atoms with Gasteiger partial charge in [0, 0.05) is 39.4 Å². The molecule has 0 spiro atoms. The molecular weight excluding hydrogens is 468 g/mol. The monoisotopic (exact) mass is 506 g/mol. The number of ketones is 1. The lowest BCUT2D eigenvalue weighted by atomic mass is 9.94. The maximum atomic E-state index is 13.4. The molecule has 2 aromatic carbocycles. The molecule has 0 atom stereocenters. The topological polar surface area (TPSA) is 102 Å². The predicted octanol–water partition coefficient (Wildman–Crippen LogP) is 4.75. The number of hydrogen-bond acceptors (Lipinski definition) is 9. The van der Waals surface area contributed by atoms with E-state index in [0.29, 0.717) is 41.6 Å². The molecule has 9 nitrogen and oxygen atoms in total. The Labute approximate surface area is 213 Å². The van der Waals surface area contributed by atoms with Crippen molar-refractivity contribution in [1.82, 2.24) is 0 Å². The largest absolute Gasteiger partial charge is 0.507 e. The number of hydrogen-bond donors (Lipinski definition) is 1. The quantitative estimate of drug-likeness (QED) is 0.240. The summed E-state index contributed by atoms with van der Waals surface area (Å²) in [6, 6.07) is 7.06. The Morgan fingerprint density at radius 3 is 2.00 bits per heavy atom. The molecule has 0 aliphatic heterocycles. The van der Waals surface area contributed by atoms with Crippen LogP contribution in [0.25, 0.3) is 0 Å². The molecule has 0 amide bonds. The van der Waals surface area contributed by atoms with Gasteiger partial charge in [0.05, 0.1) is 7.11 Å². The van der Waals surface area contributed by atoms with Crippen molar-refractivity contribution in [3.8, 4) is 28.7 Å². The van der Waals surface area contributed by atoms with E-state index in [1.165, 1.54) is 21.3 Å². The van der Waals surface area contributed by atoms with Crippen LogP contribution in [0.4, 0.5) is 0 Å². The van der Waals surface area contributed by atoms with Gasteiger partial charge in [-0.05, 0) is 42.9 Å². The van der Waals surface area contributed by atoms with E-state index in [9.17, 15) is 9.90 Å². The number of benzene rings is 2. The van der Waals surface area contributed by atoms with Crippen LogP contribution < -0.4 is 18.9 Å². The van der Waals surface area contributed by atoms with Gasteiger partial charge in [-0.2, -0.15) is 0 Å². The van der Waals surface area contributed by atoms with Crippen molar-refractivity contribution < 1.29 is 43.1 Å². The first-order valence-corrected chi connectivity index (χ1v) is 11.8. The van der Waals surface area contributed by atoms with Gasteiger partial charge in [-0.25, -0.2) is 0 Å². The molecule has 2 aromatic rings. The molecular formula is C27H38O9. The molecule has 0 aliphatic carbocycles. The van der Waals surface area contributed by atoms with E-state index in [2.05, 4.69) is 13.8 Å². The third-order valence-corrected chi connectivity index (χ3v) is 5.44. The van der Waals surface area contributed by atoms with Crippen LogP contribution in [0, 0.1) is 5.92 Å². The van der Waals surface area contributed by atoms with Crippen LogP contribution in [0.2, 0.25) is 0 Å². The molecule has 0 radical (unpaired) electrons. The fraction of sp³-hybridized carbons (Fsp3) is 0.519. The van der Waals surface area contributed by atoms with E-state index < -0.39 is 0 Å². The molecule has 1 N–H and O–H groups in total. The number of rotatable bonds is 17. The van der Waals surface area contributed by atoms with E-state index in [1.54, 1.807) is 19.2 Å². The summed E-state index contributed by atoms with van der Waals surface area (Å²) >= 11 is 0. The Balaban J connectivity index is 2.35. The van der Waals surface area contributed by atoms with Crippen LogP contribution in [0.15, 0.2) is 24.3 Å². The van der Waals surface area contributed by atoms with Gasteiger partial charge < -0.3 is 38.3 Å². The molecule has 200 valence electrons. The fourth-order valence-corrected chi connectivity index (χ4v) is 3.59. The number of carbonyl (C=O) groups is 1. The number of phenols is 1. The van der Waals surface area contributed by atoms with Gasteiger partial charge in [-0.1, -0.05) is 19.9 Å². The van der Waals surface area contributed by atoms with Crippen molar-refractivity contribution in [1.29, 1.82) is 0 Å². The fourth-order valence-electron chi connectivity index (χ4n) is 3.59. The van der Waals surface area contributed by atoms with Crippen LogP contribution in [0.3, 0.4) is 0 Å². The number of Topliss-reactive ketones (excluding diaryl/α,β-unsaturated/α-hetero) is 1. The highest BCUT2D eigenvalue weighted by molar-refractivity contribution is 6.02. The van der Waals surface area contributed by atoms with E-state index in [0.717, 1.165) is 12.0 Å². The first-order chi connectivity index (χ1) is 17.4. The first kappa shape index (κ1) is 29.2. The van der Waals surface area contributed by atoms with Gasteiger partial charge in [0.15, 0.2) is 37.7 Å². The highest BCUT2D eigenvalue weighted by Gasteiger charge is 2.25. The summed E-state index contributed by atoms with van der Waals surface area (Å²) in [6.07, 6.45) is 1.90. The molecule has 0 aliphatic rings. The molecule has 0 saturated carbocycles. The summed E-state index contributed by atoms with van der Waals surface area (Å²) in [6.45, 7) is 4.19. The van der Waals surface area contributed by atoms with Crippen molar-refractivity contribution in [3.05, 3.63) is 41.0 Å². The Bertz CT molecular complexity index is 972. The third kappa shape index (κ3) is 8.29. The second-order valence-electron chi connectivity index (χ2n) is 8.57. The van der Waals surface area contributed by atoms with Gasteiger partial charge in [-0.15, -0.1) is 0 Å². The lowest BCUT2D eigenvalue weighted by molar-refractivity contribution is 0.0447. The number of ether oxygens (including phenoxy) is 7. The summed E-state index contributed by atoms with van der Waals surface area (Å²) in [5.41, 5.74) is 1.54. The molecule has 0 heterocycles. The van der Waals surface area contributed by atoms with Crippen LogP contribution in [-0.4, -0.2) is 59.7 Å². The third-order valence-electron chi connectivity index (χ3n) is 5.44. The Morgan fingerprint density at radius 1 is 0.806 bits per heavy atom. The number of aromatic hydroxyl groups is 1. The zero-order chi connectivity index (χ0) is 26.5. The maximum absolute atomic E-state index is 13.4. The lowest BCUT2D eigenvalue weighted by Crippen LogP contribution is -2.11. The van der Waals surface area contributed by atoms with Gasteiger partial charge >= 0.3 is 0 Å². The van der Waals surface area contributed by atoms with Gasteiger partial charge in [-0.3, -0.25) is 4.79 Å². The minimum absolute atomic E-state index is 0.00292. The highest BCUT2D eigenvalue weighted by Crippen LogP contribution is 2.41. The molecule has 0 fully saturated rings. The van der Waals surface area contributed by atoms with E-state index in [-0.39, 0.29) is 49.6 Å². The van der Waals surface area contributed by atoms with Gasteiger partial charge in [0.25, 0.3) is 0 Å². The van der Waals surface area contributed by atoms with Crippen molar-refractivity contribution in [2.45, 2.75) is 39.5 Å². The molecule has 0 bridgehead atoms. The standard InChI is InChI=1S/C27H38O9/c1-18(2)7-10-20-23(35-16-31-4)14-25(36-17-32-5)26(27(20)29)21(28)11-8-19-9-12-22(34-15-30-3)24(13-19)33-6/h9,12-14,18,29H,7-8,10-11,15-17H2,1-6H3. The highest BCUT2D eigenvalue weighted by atomic mass is 16.7. The summed E-state index contributed by atoms with van der Waals surface area (Å²) in [5, 5.41) is 11.2. The van der Waals surface area contributed by atoms with Crippen LogP contribution >= 0.6 is 0 Å². The van der Waals surface area contributed by atoms with Crippen LogP contribution in [-0.2, 0) is 27.1 Å². The summed E-state index contributed by atoms with van der Waals surface area (Å²) in [5.74, 6) is 1.69. The van der Waals surface area contributed by atoms with Crippen LogP contribution in [0.1, 0.15) is 48.2 Å². The minimum Gasteiger partial charge on any atom is -0.507 e. The lowest BCUT2D eigenvalue weighted by Gasteiger charge is -2.19. The zero-order valence-electron chi connectivity index (χ0n) is 22.0. The summed E-state index contributed by atoms with van der Waals surface area (Å²) < 4.78 is 37.3. The predicted molar refractivity (Wildman–Crippen MR) is 134 cm³/mol. The number of phenolic OH excluding ortho intramolecular Hbond substituents is 1. The maximum Gasteiger partial charge on any atom is 0.188 e. The van der Waals surface area contributed by atoms with E-state index in [4.69, 9.17) is 33.2 Å². The molecule has 0 aromatic heterocycles. The van der Waals surface area contributed by atoms with Crippen molar-refractivity contribution in [2.24, 2.45) is 5.92 Å². The SMILES string of the molecule is COCOc1ccc(CCC(=O)c2c(OCOC)cc(OCOC)c(CCC(C)C)c2O)cc1OC. The Kier molecular flexibility index (Phi) is 12.3. The number of aryl methyl sites for hydroxylation is 1. The van der Waals surface area contributed by atoms with Crippen molar-refractivity contribution in [2.75, 3.05) is 48.8 Å². The average Bonchev–Trinajstić information content (AvgIpc) is 2.87. The first-order valence-electron chi connectivity index (χ1n) is 11.8. The second-order valence-corrected chi connectivity index (χ2v) is 8.57. The van der Waals surface area contributed by atoms with Crippen LogP contribution in [0.5, 0.6) is 28.7 Å². The Hall–Kier alpha value is -3.01. The molecule has 0 unspecified atom stereocenters. The van der Waals surface area contributed by atoms with Gasteiger partial charge in [0.1, 0.15) is 22.8 Å². The summed E-state index contributed by atoms with van der Waals surface area (Å²) in [7, 11) is 6.08. The molecule has 9 heteroatoms. The zero-order valence-corrected chi connectivity index (χ0v) is 22.0. The van der Waals surface area contributed by atoms with Crippen molar-refractivity contribution >= 4 is 5.78 Å². The molecule has 2 rings (SSSR count). The molecule has 0 saturated heterocycles. The van der Waals surface area contributed by atoms with Gasteiger partial charge in [0.2, 0.25) is 0 Å². The minimum atomic E-state index is -0.263. The second kappa shape index (κ2) is 15.2. The average molecular weight is 507 g/mol.